The van der Waals surface area contributed by atoms with E-state index in [1.54, 1.807) is 12.3 Å². The van der Waals surface area contributed by atoms with E-state index in [1.165, 1.54) is 18.4 Å². The van der Waals surface area contributed by atoms with Crippen molar-refractivity contribution in [3.05, 3.63) is 42.1 Å². The molecule has 1 aliphatic heterocycles. The molecule has 6 nitrogen and oxygen atoms in total. The molecule has 2 N–H and O–H groups in total. The molecule has 1 saturated heterocycles. The number of nitrogens with one attached hydrogen (secondary N) is 1. The number of hydrogen-bond acceptors (Lipinski definition) is 5. The normalized spacial score (nSPS) is 16.0. The van der Waals surface area contributed by atoms with Crippen LogP contribution in [0, 0.1) is 0 Å². The maximum atomic E-state index is 10.7. The fourth-order valence-corrected chi connectivity index (χ4v) is 3.04. The van der Waals surface area contributed by atoms with Crippen LogP contribution >= 0.6 is 0 Å². The standard InChI is InChI=1S/C18H22N4O2/c1-13(22-9-2-3-10-22)14-5-4-6-15(11-14)18-19-8-7-16(21-18)20-12-17(23)24/h4-8,11,13H,2-3,9-10,12H2,1H3,(H,23,24)(H,19,20,21)/t13-/m0/s1. The molecule has 6 heteroatoms. The highest BCUT2D eigenvalue weighted by Gasteiger charge is 2.19. The van der Waals surface area contributed by atoms with Crippen LogP contribution in [0.5, 0.6) is 0 Å². The van der Waals surface area contributed by atoms with Gasteiger partial charge in [-0.15, -0.1) is 0 Å². The minimum atomic E-state index is -0.920. The van der Waals surface area contributed by atoms with Gasteiger partial charge in [-0.1, -0.05) is 18.2 Å². The van der Waals surface area contributed by atoms with Gasteiger partial charge >= 0.3 is 5.97 Å². The van der Waals surface area contributed by atoms with Gasteiger partial charge in [0.25, 0.3) is 0 Å². The quantitative estimate of drug-likeness (QED) is 0.850. The zero-order valence-corrected chi connectivity index (χ0v) is 13.8. The first-order valence-corrected chi connectivity index (χ1v) is 8.26. The number of carboxylic acids is 1. The molecule has 1 fully saturated rings. The first kappa shape index (κ1) is 16.4. The number of carboxylic acid groups (broad SMARTS) is 1. The van der Waals surface area contributed by atoms with Crippen LogP contribution in [0.3, 0.4) is 0 Å². The lowest BCUT2D eigenvalue weighted by atomic mass is 10.0. The van der Waals surface area contributed by atoms with Crippen molar-refractivity contribution in [3.8, 4) is 11.4 Å². The molecule has 1 atom stereocenters. The summed E-state index contributed by atoms with van der Waals surface area (Å²) in [5, 5.41) is 11.5. The third kappa shape index (κ3) is 3.89. The second kappa shape index (κ2) is 7.40. The summed E-state index contributed by atoms with van der Waals surface area (Å²) in [5.41, 5.74) is 2.19. The number of aliphatic carboxylic acids is 1. The third-order valence-corrected chi connectivity index (χ3v) is 4.39. The number of likely N-dealkylation sites (tertiary alicyclic amines) is 1. The molecule has 0 radical (unpaired) electrons. The van der Waals surface area contributed by atoms with Crippen LogP contribution in [0.25, 0.3) is 11.4 Å². The Hall–Kier alpha value is -2.47. The van der Waals surface area contributed by atoms with E-state index >= 15 is 0 Å². The summed E-state index contributed by atoms with van der Waals surface area (Å²) in [5.74, 6) is 0.192. The van der Waals surface area contributed by atoms with E-state index < -0.39 is 5.97 Å². The summed E-state index contributed by atoms with van der Waals surface area (Å²) in [4.78, 5) is 21.9. The van der Waals surface area contributed by atoms with Crippen molar-refractivity contribution in [2.45, 2.75) is 25.8 Å². The maximum Gasteiger partial charge on any atom is 0.322 e. The average Bonchev–Trinajstić information content (AvgIpc) is 3.14. The summed E-state index contributed by atoms with van der Waals surface area (Å²) in [6.07, 6.45) is 4.18. The summed E-state index contributed by atoms with van der Waals surface area (Å²) < 4.78 is 0. The minimum Gasteiger partial charge on any atom is -0.480 e. The molecule has 0 amide bonds. The van der Waals surface area contributed by atoms with Crippen LogP contribution < -0.4 is 5.32 Å². The molecule has 1 aromatic heterocycles. The summed E-state index contributed by atoms with van der Waals surface area (Å²) in [6.45, 7) is 4.37. The number of carbonyl (C=O) groups is 1. The Bertz CT molecular complexity index is 714. The fraction of sp³-hybridized carbons (Fsp3) is 0.389. The Morgan fingerprint density at radius 2 is 2.12 bits per heavy atom. The molecule has 24 heavy (non-hydrogen) atoms. The highest BCUT2D eigenvalue weighted by atomic mass is 16.4. The molecule has 0 unspecified atom stereocenters. The van der Waals surface area contributed by atoms with Gasteiger partial charge in [-0.3, -0.25) is 9.69 Å². The van der Waals surface area contributed by atoms with Crippen molar-refractivity contribution < 1.29 is 9.90 Å². The van der Waals surface area contributed by atoms with Gasteiger partial charge in [0, 0.05) is 17.8 Å². The monoisotopic (exact) mass is 326 g/mol. The summed E-state index contributed by atoms with van der Waals surface area (Å²) in [7, 11) is 0. The van der Waals surface area contributed by atoms with Crippen molar-refractivity contribution in [2.75, 3.05) is 25.0 Å². The highest BCUT2D eigenvalue weighted by Crippen LogP contribution is 2.27. The molecule has 0 bridgehead atoms. The van der Waals surface area contributed by atoms with Crippen LogP contribution in [-0.2, 0) is 4.79 Å². The molecular formula is C18H22N4O2. The Balaban J connectivity index is 1.80. The number of aromatic nitrogens is 2. The zero-order chi connectivity index (χ0) is 16.9. The number of benzene rings is 1. The first-order chi connectivity index (χ1) is 11.6. The van der Waals surface area contributed by atoms with Crippen LogP contribution in [0.1, 0.15) is 31.4 Å². The molecule has 0 spiro atoms. The van der Waals surface area contributed by atoms with E-state index in [0.717, 1.165) is 18.7 Å². The molecule has 1 aromatic carbocycles. The highest BCUT2D eigenvalue weighted by molar-refractivity contribution is 5.72. The zero-order valence-electron chi connectivity index (χ0n) is 13.8. The topological polar surface area (TPSA) is 78.3 Å². The molecule has 1 aliphatic rings. The van der Waals surface area contributed by atoms with E-state index in [9.17, 15) is 4.79 Å². The smallest absolute Gasteiger partial charge is 0.322 e. The van der Waals surface area contributed by atoms with Crippen molar-refractivity contribution in [2.24, 2.45) is 0 Å². The van der Waals surface area contributed by atoms with Gasteiger partial charge in [-0.25, -0.2) is 9.97 Å². The Kier molecular flexibility index (Phi) is 5.05. The van der Waals surface area contributed by atoms with Crippen molar-refractivity contribution in [1.82, 2.24) is 14.9 Å². The number of nitrogens with zero attached hydrogens (tertiary/aromatic N) is 3. The van der Waals surface area contributed by atoms with Crippen LogP contribution in [0.4, 0.5) is 5.82 Å². The third-order valence-electron chi connectivity index (χ3n) is 4.39. The largest absolute Gasteiger partial charge is 0.480 e. The lowest BCUT2D eigenvalue weighted by Crippen LogP contribution is -2.23. The number of hydrogen-bond donors (Lipinski definition) is 2. The van der Waals surface area contributed by atoms with Crippen molar-refractivity contribution in [3.63, 3.8) is 0 Å². The van der Waals surface area contributed by atoms with E-state index in [-0.39, 0.29) is 6.54 Å². The molecule has 0 aliphatic carbocycles. The lowest BCUT2D eigenvalue weighted by molar-refractivity contribution is -0.134. The SMILES string of the molecule is C[C@@H](c1cccc(-c2nccc(NCC(=O)O)n2)c1)N1CCCC1. The predicted octanol–water partition coefficient (Wildman–Crippen LogP) is 2.80. The van der Waals surface area contributed by atoms with Gasteiger partial charge in [0.2, 0.25) is 0 Å². The van der Waals surface area contributed by atoms with Crippen LogP contribution in [0.2, 0.25) is 0 Å². The van der Waals surface area contributed by atoms with E-state index in [2.05, 4.69) is 39.2 Å². The molecular weight excluding hydrogens is 304 g/mol. The Morgan fingerprint density at radius 1 is 1.33 bits per heavy atom. The van der Waals surface area contributed by atoms with Gasteiger partial charge in [-0.05, 0) is 50.6 Å². The lowest BCUT2D eigenvalue weighted by Gasteiger charge is -2.24. The van der Waals surface area contributed by atoms with Crippen molar-refractivity contribution in [1.29, 1.82) is 0 Å². The maximum absolute atomic E-state index is 10.7. The minimum absolute atomic E-state index is 0.164. The van der Waals surface area contributed by atoms with E-state index in [4.69, 9.17) is 5.11 Å². The van der Waals surface area contributed by atoms with E-state index in [0.29, 0.717) is 17.7 Å². The van der Waals surface area contributed by atoms with Gasteiger partial charge in [-0.2, -0.15) is 0 Å². The molecule has 126 valence electrons. The van der Waals surface area contributed by atoms with Gasteiger partial charge < -0.3 is 10.4 Å². The molecule has 3 rings (SSSR count). The number of anilines is 1. The molecule has 2 heterocycles. The predicted molar refractivity (Wildman–Crippen MR) is 92.8 cm³/mol. The van der Waals surface area contributed by atoms with E-state index in [1.807, 2.05) is 12.1 Å². The fourth-order valence-electron chi connectivity index (χ4n) is 3.04. The average molecular weight is 326 g/mol. The Morgan fingerprint density at radius 3 is 2.88 bits per heavy atom. The number of rotatable bonds is 6. The second-order valence-electron chi connectivity index (χ2n) is 6.06. The summed E-state index contributed by atoms with van der Waals surface area (Å²) >= 11 is 0. The second-order valence-corrected chi connectivity index (χ2v) is 6.06. The van der Waals surface area contributed by atoms with Gasteiger partial charge in [0.05, 0.1) is 0 Å². The molecule has 0 saturated carbocycles. The van der Waals surface area contributed by atoms with Crippen LogP contribution in [-0.4, -0.2) is 45.6 Å². The Labute approximate surface area is 141 Å². The van der Waals surface area contributed by atoms with Crippen LogP contribution in [0.15, 0.2) is 36.5 Å². The van der Waals surface area contributed by atoms with Crippen molar-refractivity contribution >= 4 is 11.8 Å². The molecule has 2 aromatic rings. The van der Waals surface area contributed by atoms with Gasteiger partial charge in [0.15, 0.2) is 5.82 Å². The first-order valence-electron chi connectivity index (χ1n) is 8.26. The summed E-state index contributed by atoms with van der Waals surface area (Å²) in [6, 6.07) is 10.3. The van der Waals surface area contributed by atoms with Gasteiger partial charge in [0.1, 0.15) is 12.4 Å².